The molecule has 1 heterocycles. The third kappa shape index (κ3) is 1.75. The van der Waals surface area contributed by atoms with Crippen molar-refractivity contribution in [3.05, 3.63) is 29.6 Å². The van der Waals surface area contributed by atoms with Gasteiger partial charge in [0.1, 0.15) is 5.82 Å². The molecule has 0 amide bonds. The van der Waals surface area contributed by atoms with E-state index < -0.39 is 15.9 Å². The predicted octanol–water partition coefficient (Wildman–Crippen LogP) is 2.60. The molecule has 2 rings (SSSR count). The molecule has 0 saturated heterocycles. The highest BCUT2D eigenvalue weighted by atomic mass is 32.3. The Labute approximate surface area is 89.9 Å². The Kier molecular flexibility index (Phi) is 2.29. The van der Waals surface area contributed by atoms with Crippen LogP contribution in [-0.2, 0) is 10.1 Å². The van der Waals surface area contributed by atoms with Crippen molar-refractivity contribution >= 4 is 31.5 Å². The van der Waals surface area contributed by atoms with Gasteiger partial charge in [-0.2, -0.15) is 8.42 Å². The van der Waals surface area contributed by atoms with Crippen LogP contribution >= 0.6 is 11.3 Å². The summed E-state index contributed by atoms with van der Waals surface area (Å²) in [6.45, 7) is 1.54. The number of hydrogen-bond donors (Lipinski definition) is 1. The fourth-order valence-corrected chi connectivity index (χ4v) is 3.53. The van der Waals surface area contributed by atoms with E-state index in [1.807, 2.05) is 0 Å². The minimum absolute atomic E-state index is 0.122. The molecule has 0 unspecified atom stereocenters. The second-order valence-electron chi connectivity index (χ2n) is 3.13. The van der Waals surface area contributed by atoms with Crippen LogP contribution in [0.3, 0.4) is 0 Å². The molecular weight excluding hydrogens is 239 g/mol. The number of halogens is 1. The van der Waals surface area contributed by atoms with Crippen molar-refractivity contribution in [1.82, 2.24) is 0 Å². The maximum atomic E-state index is 12.9. The van der Waals surface area contributed by atoms with Gasteiger partial charge in [0.05, 0.1) is 0 Å². The maximum Gasteiger partial charge on any atom is 0.304 e. The average molecular weight is 246 g/mol. The fraction of sp³-hybridized carbons (Fsp3) is 0.111. The molecule has 6 heteroatoms. The number of thiophene rings is 1. The lowest BCUT2D eigenvalue weighted by molar-refractivity contribution is 0.485. The molecule has 0 radical (unpaired) electrons. The van der Waals surface area contributed by atoms with E-state index in [-0.39, 0.29) is 4.21 Å². The monoisotopic (exact) mass is 246 g/mol. The molecule has 0 aliphatic heterocycles. The van der Waals surface area contributed by atoms with Crippen molar-refractivity contribution in [1.29, 1.82) is 0 Å². The number of aryl methyl sites for hydroxylation is 1. The summed E-state index contributed by atoms with van der Waals surface area (Å²) in [6, 6.07) is 4.01. The number of rotatable bonds is 1. The van der Waals surface area contributed by atoms with Gasteiger partial charge in [0.15, 0.2) is 4.21 Å². The van der Waals surface area contributed by atoms with Gasteiger partial charge in [-0.15, -0.1) is 11.3 Å². The molecule has 1 N–H and O–H groups in total. The highest BCUT2D eigenvalue weighted by molar-refractivity contribution is 7.88. The largest absolute Gasteiger partial charge is 0.304 e. The molecule has 0 atom stereocenters. The van der Waals surface area contributed by atoms with Crippen LogP contribution in [0.15, 0.2) is 22.4 Å². The summed E-state index contributed by atoms with van der Waals surface area (Å²) in [5.74, 6) is -0.426. The van der Waals surface area contributed by atoms with Gasteiger partial charge in [-0.25, -0.2) is 4.39 Å². The summed E-state index contributed by atoms with van der Waals surface area (Å²) in [5, 5.41) is 0.521. The highest BCUT2D eigenvalue weighted by Gasteiger charge is 2.18. The molecule has 0 spiro atoms. The maximum absolute atomic E-state index is 12.9. The summed E-state index contributed by atoms with van der Waals surface area (Å²) in [4.78, 5) is 0. The Morgan fingerprint density at radius 2 is 2.07 bits per heavy atom. The molecule has 0 aliphatic carbocycles. The SMILES string of the molecule is Cc1c(S(=O)(=O)O)sc2ccc(F)cc12. The molecule has 80 valence electrons. The van der Waals surface area contributed by atoms with Crippen LogP contribution < -0.4 is 0 Å². The summed E-state index contributed by atoms with van der Waals surface area (Å²) in [5.41, 5.74) is 0.386. The Hall–Kier alpha value is -0.980. The summed E-state index contributed by atoms with van der Waals surface area (Å²) in [7, 11) is -4.21. The Morgan fingerprint density at radius 1 is 1.40 bits per heavy atom. The molecule has 1 aromatic carbocycles. The second-order valence-corrected chi connectivity index (χ2v) is 5.80. The van der Waals surface area contributed by atoms with Crippen LogP contribution in [0.4, 0.5) is 4.39 Å². The van der Waals surface area contributed by atoms with Crippen LogP contribution in [0.5, 0.6) is 0 Å². The third-order valence-electron chi connectivity index (χ3n) is 2.09. The van der Waals surface area contributed by atoms with E-state index in [1.165, 1.54) is 18.2 Å². The van der Waals surface area contributed by atoms with Crippen LogP contribution in [0.2, 0.25) is 0 Å². The van der Waals surface area contributed by atoms with E-state index in [0.717, 1.165) is 11.3 Å². The predicted molar refractivity (Wildman–Crippen MR) is 56.3 cm³/mol. The summed E-state index contributed by atoms with van der Waals surface area (Å²) < 4.78 is 44.3. The Bertz CT molecular complexity index is 628. The first kappa shape index (κ1) is 10.5. The molecule has 0 aliphatic rings. The lowest BCUT2D eigenvalue weighted by Gasteiger charge is -1.93. The molecular formula is C9H7FO3S2. The van der Waals surface area contributed by atoms with E-state index in [9.17, 15) is 12.8 Å². The zero-order valence-electron chi connectivity index (χ0n) is 7.69. The first-order valence-electron chi connectivity index (χ1n) is 4.06. The minimum atomic E-state index is -4.21. The average Bonchev–Trinajstić information content (AvgIpc) is 2.43. The van der Waals surface area contributed by atoms with Gasteiger partial charge in [-0.05, 0) is 36.1 Å². The first-order valence-corrected chi connectivity index (χ1v) is 6.31. The highest BCUT2D eigenvalue weighted by Crippen LogP contribution is 2.34. The van der Waals surface area contributed by atoms with Gasteiger partial charge in [0.25, 0.3) is 0 Å². The van der Waals surface area contributed by atoms with Gasteiger partial charge in [0, 0.05) is 4.70 Å². The molecule has 0 bridgehead atoms. The lowest BCUT2D eigenvalue weighted by atomic mass is 10.2. The summed E-state index contributed by atoms with van der Waals surface area (Å²) >= 11 is 0.935. The minimum Gasteiger partial charge on any atom is -0.281 e. The molecule has 3 nitrogen and oxygen atoms in total. The van der Waals surface area contributed by atoms with E-state index in [1.54, 1.807) is 6.92 Å². The van der Waals surface area contributed by atoms with Gasteiger partial charge >= 0.3 is 10.1 Å². The van der Waals surface area contributed by atoms with Gasteiger partial charge in [-0.3, -0.25) is 4.55 Å². The Balaban J connectivity index is 2.87. The standard InChI is InChI=1S/C9H7FO3S2/c1-5-7-4-6(10)2-3-8(7)14-9(5)15(11,12)13/h2-4H,1H3,(H,11,12,13). The molecule has 1 aromatic heterocycles. The first-order chi connectivity index (χ1) is 6.89. The molecule has 2 aromatic rings. The molecule has 15 heavy (non-hydrogen) atoms. The van der Waals surface area contributed by atoms with Gasteiger partial charge < -0.3 is 0 Å². The van der Waals surface area contributed by atoms with Crippen LogP contribution in [-0.4, -0.2) is 13.0 Å². The Morgan fingerprint density at radius 3 is 2.67 bits per heavy atom. The summed E-state index contributed by atoms with van der Waals surface area (Å²) in [6.07, 6.45) is 0. The van der Waals surface area contributed by atoms with E-state index in [0.29, 0.717) is 15.6 Å². The smallest absolute Gasteiger partial charge is 0.281 e. The third-order valence-corrected chi connectivity index (χ3v) is 4.81. The van der Waals surface area contributed by atoms with E-state index >= 15 is 0 Å². The van der Waals surface area contributed by atoms with Crippen molar-refractivity contribution in [2.45, 2.75) is 11.1 Å². The number of fused-ring (bicyclic) bond motifs is 1. The molecule has 0 fully saturated rings. The van der Waals surface area contributed by atoms with Crippen molar-refractivity contribution in [3.63, 3.8) is 0 Å². The topological polar surface area (TPSA) is 54.4 Å². The molecule has 0 saturated carbocycles. The fourth-order valence-electron chi connectivity index (χ4n) is 1.42. The quantitative estimate of drug-likeness (QED) is 0.787. The van der Waals surface area contributed by atoms with Crippen molar-refractivity contribution in [3.8, 4) is 0 Å². The van der Waals surface area contributed by atoms with Crippen molar-refractivity contribution < 1.29 is 17.4 Å². The van der Waals surface area contributed by atoms with Crippen molar-refractivity contribution in [2.24, 2.45) is 0 Å². The zero-order chi connectivity index (χ0) is 11.2. The van der Waals surface area contributed by atoms with Gasteiger partial charge in [0.2, 0.25) is 0 Å². The van der Waals surface area contributed by atoms with E-state index in [2.05, 4.69) is 0 Å². The number of benzene rings is 1. The van der Waals surface area contributed by atoms with Crippen LogP contribution in [0.1, 0.15) is 5.56 Å². The number of hydrogen-bond acceptors (Lipinski definition) is 3. The lowest BCUT2D eigenvalue weighted by Crippen LogP contribution is -1.96. The second kappa shape index (κ2) is 3.26. The van der Waals surface area contributed by atoms with Crippen LogP contribution in [0.25, 0.3) is 10.1 Å². The van der Waals surface area contributed by atoms with Crippen molar-refractivity contribution in [2.75, 3.05) is 0 Å². The van der Waals surface area contributed by atoms with Crippen LogP contribution in [0, 0.1) is 12.7 Å². The normalized spacial score (nSPS) is 12.2. The van der Waals surface area contributed by atoms with Gasteiger partial charge in [-0.1, -0.05) is 0 Å². The van der Waals surface area contributed by atoms with E-state index in [4.69, 9.17) is 4.55 Å². The zero-order valence-corrected chi connectivity index (χ0v) is 9.32.